The van der Waals surface area contributed by atoms with E-state index in [4.69, 9.17) is 10.5 Å². The minimum Gasteiger partial charge on any atom is -0.495 e. The first-order valence-electron chi connectivity index (χ1n) is 6.95. The van der Waals surface area contributed by atoms with E-state index in [1.54, 1.807) is 12.1 Å². The van der Waals surface area contributed by atoms with Gasteiger partial charge in [-0.25, -0.2) is 13.1 Å². The van der Waals surface area contributed by atoms with Gasteiger partial charge in [-0.05, 0) is 49.9 Å². The normalized spacial score (nSPS) is 21.5. The summed E-state index contributed by atoms with van der Waals surface area (Å²) in [5.41, 5.74) is 6.64. The van der Waals surface area contributed by atoms with Crippen LogP contribution in [0.15, 0.2) is 21.5 Å². The Balaban J connectivity index is 0.00000242. The molecule has 0 bridgehead atoms. The van der Waals surface area contributed by atoms with E-state index in [0.717, 1.165) is 29.3 Å². The molecule has 0 saturated heterocycles. The molecular formula is C14H22BrClN2O3S. The number of rotatable bonds is 5. The molecule has 2 atom stereocenters. The van der Waals surface area contributed by atoms with E-state index >= 15 is 0 Å². The summed E-state index contributed by atoms with van der Waals surface area (Å²) in [6.07, 6.45) is 2.80. The van der Waals surface area contributed by atoms with E-state index in [1.807, 2.05) is 6.92 Å². The lowest BCUT2D eigenvalue weighted by Crippen LogP contribution is -2.39. The minimum absolute atomic E-state index is 0. The highest BCUT2D eigenvalue weighted by Gasteiger charge is 2.31. The summed E-state index contributed by atoms with van der Waals surface area (Å²) in [6.45, 7) is 2.39. The Bertz CT molecular complexity index is 625. The number of methoxy groups -OCH3 is 1. The van der Waals surface area contributed by atoms with Crippen LogP contribution in [0.1, 0.15) is 24.8 Å². The van der Waals surface area contributed by atoms with Crippen LogP contribution in [0.25, 0.3) is 0 Å². The topological polar surface area (TPSA) is 81.4 Å². The average Bonchev–Trinajstić information content (AvgIpc) is 2.87. The summed E-state index contributed by atoms with van der Waals surface area (Å²) >= 11 is 3.37. The van der Waals surface area contributed by atoms with Crippen LogP contribution in [0.2, 0.25) is 0 Å². The van der Waals surface area contributed by atoms with Crippen molar-refractivity contribution in [1.29, 1.82) is 0 Å². The van der Waals surface area contributed by atoms with Crippen molar-refractivity contribution in [3.05, 3.63) is 22.2 Å². The smallest absolute Gasteiger partial charge is 0.244 e. The van der Waals surface area contributed by atoms with Crippen molar-refractivity contribution in [3.63, 3.8) is 0 Å². The van der Waals surface area contributed by atoms with Crippen molar-refractivity contribution in [2.45, 2.75) is 37.1 Å². The first kappa shape index (κ1) is 19.7. The number of nitrogens with one attached hydrogen (secondary N) is 1. The van der Waals surface area contributed by atoms with Crippen molar-refractivity contribution in [2.24, 2.45) is 11.7 Å². The quantitative estimate of drug-likeness (QED) is 0.777. The molecule has 8 heteroatoms. The van der Waals surface area contributed by atoms with Crippen molar-refractivity contribution < 1.29 is 13.2 Å². The van der Waals surface area contributed by atoms with E-state index in [1.165, 1.54) is 7.11 Å². The lowest BCUT2D eigenvalue weighted by molar-refractivity contribution is 0.400. The van der Waals surface area contributed by atoms with E-state index in [2.05, 4.69) is 20.7 Å². The van der Waals surface area contributed by atoms with Crippen LogP contribution in [-0.2, 0) is 10.0 Å². The molecule has 1 saturated carbocycles. The van der Waals surface area contributed by atoms with Crippen LogP contribution in [0.3, 0.4) is 0 Å². The van der Waals surface area contributed by atoms with Gasteiger partial charge in [-0.15, -0.1) is 12.4 Å². The Kier molecular flexibility index (Phi) is 7.14. The van der Waals surface area contributed by atoms with Crippen LogP contribution in [0, 0.1) is 12.8 Å². The molecule has 0 heterocycles. The maximum Gasteiger partial charge on any atom is 0.244 e. The zero-order valence-corrected chi connectivity index (χ0v) is 15.9. The molecule has 2 rings (SSSR count). The van der Waals surface area contributed by atoms with Crippen LogP contribution >= 0.6 is 28.3 Å². The number of aryl methyl sites for hydroxylation is 1. The predicted octanol–water partition coefficient (Wildman–Crippen LogP) is 2.59. The molecule has 1 aromatic rings. The molecule has 0 aromatic heterocycles. The van der Waals surface area contributed by atoms with Gasteiger partial charge in [0.15, 0.2) is 0 Å². The summed E-state index contributed by atoms with van der Waals surface area (Å²) in [5, 5.41) is 0. The maximum atomic E-state index is 12.6. The first-order chi connectivity index (χ1) is 9.89. The van der Waals surface area contributed by atoms with Gasteiger partial charge in [0.25, 0.3) is 0 Å². The molecule has 1 aromatic carbocycles. The van der Waals surface area contributed by atoms with Crippen LogP contribution in [-0.4, -0.2) is 28.1 Å². The highest BCUT2D eigenvalue weighted by molar-refractivity contribution is 9.10. The molecule has 0 radical (unpaired) electrons. The Hall–Kier alpha value is -0.340. The van der Waals surface area contributed by atoms with Crippen molar-refractivity contribution in [1.82, 2.24) is 4.72 Å². The van der Waals surface area contributed by atoms with Gasteiger partial charge in [-0.1, -0.05) is 22.4 Å². The second-order valence-corrected chi connectivity index (χ2v) is 7.94. The van der Waals surface area contributed by atoms with E-state index in [-0.39, 0.29) is 29.3 Å². The lowest BCUT2D eigenvalue weighted by atomic mass is 10.1. The fourth-order valence-corrected chi connectivity index (χ4v) is 4.75. The largest absolute Gasteiger partial charge is 0.495 e. The molecule has 22 heavy (non-hydrogen) atoms. The van der Waals surface area contributed by atoms with Gasteiger partial charge in [0, 0.05) is 10.5 Å². The number of hydrogen-bond donors (Lipinski definition) is 2. The van der Waals surface area contributed by atoms with E-state index in [9.17, 15) is 8.42 Å². The zero-order valence-electron chi connectivity index (χ0n) is 12.6. The standard InChI is InChI=1S/C14H21BrN2O3S.ClH/c1-9-6-13(20-2)14(7-11(9)15)21(18,19)17-12-5-3-4-10(12)8-16;/h6-7,10,12,17H,3-5,8,16H2,1-2H3;1H. The highest BCUT2D eigenvalue weighted by Crippen LogP contribution is 2.32. The molecule has 0 aliphatic heterocycles. The fraction of sp³-hybridized carbons (Fsp3) is 0.571. The van der Waals surface area contributed by atoms with Crippen LogP contribution in [0.4, 0.5) is 0 Å². The van der Waals surface area contributed by atoms with E-state index in [0.29, 0.717) is 12.3 Å². The number of nitrogens with two attached hydrogens (primary N) is 1. The first-order valence-corrected chi connectivity index (χ1v) is 9.23. The molecule has 2 unspecified atom stereocenters. The maximum absolute atomic E-state index is 12.6. The molecule has 1 aliphatic carbocycles. The molecule has 0 amide bonds. The monoisotopic (exact) mass is 412 g/mol. The third-order valence-electron chi connectivity index (χ3n) is 4.00. The van der Waals surface area contributed by atoms with Crippen LogP contribution < -0.4 is 15.2 Å². The Morgan fingerprint density at radius 1 is 1.41 bits per heavy atom. The Morgan fingerprint density at radius 2 is 2.09 bits per heavy atom. The predicted molar refractivity (Wildman–Crippen MR) is 93.2 cm³/mol. The van der Waals surface area contributed by atoms with Gasteiger partial charge >= 0.3 is 0 Å². The second-order valence-electron chi connectivity index (χ2n) is 5.41. The summed E-state index contributed by atoms with van der Waals surface area (Å²) in [6, 6.07) is 3.21. The molecule has 1 aliphatic rings. The third kappa shape index (κ3) is 4.14. The summed E-state index contributed by atoms with van der Waals surface area (Å²) in [4.78, 5) is 0.158. The number of hydrogen-bond acceptors (Lipinski definition) is 4. The van der Waals surface area contributed by atoms with Crippen LogP contribution in [0.5, 0.6) is 5.75 Å². The van der Waals surface area contributed by atoms with Gasteiger partial charge in [-0.2, -0.15) is 0 Å². The number of ether oxygens (including phenoxy) is 1. The minimum atomic E-state index is -3.63. The van der Waals surface area contributed by atoms with Gasteiger partial charge in [0.1, 0.15) is 10.6 Å². The van der Waals surface area contributed by atoms with Gasteiger partial charge in [0.05, 0.1) is 7.11 Å². The third-order valence-corrected chi connectivity index (χ3v) is 6.37. The number of halogens is 2. The Labute approximate surface area is 146 Å². The molecule has 5 nitrogen and oxygen atoms in total. The molecular weight excluding hydrogens is 392 g/mol. The van der Waals surface area contributed by atoms with Crippen molar-refractivity contribution >= 4 is 38.4 Å². The molecule has 0 spiro atoms. The SMILES string of the molecule is COc1cc(C)c(Br)cc1S(=O)(=O)NC1CCCC1CN.Cl. The summed E-state index contributed by atoms with van der Waals surface area (Å²) < 4.78 is 34.0. The second kappa shape index (κ2) is 7.97. The van der Waals surface area contributed by atoms with Gasteiger partial charge in [-0.3, -0.25) is 0 Å². The Morgan fingerprint density at radius 3 is 2.68 bits per heavy atom. The van der Waals surface area contributed by atoms with E-state index < -0.39 is 10.0 Å². The number of benzene rings is 1. The summed E-state index contributed by atoms with van der Waals surface area (Å²) in [7, 11) is -2.16. The van der Waals surface area contributed by atoms with Gasteiger partial charge < -0.3 is 10.5 Å². The summed E-state index contributed by atoms with van der Waals surface area (Å²) in [5.74, 6) is 0.560. The molecule has 126 valence electrons. The van der Waals surface area contributed by atoms with Crippen molar-refractivity contribution in [3.8, 4) is 5.75 Å². The molecule has 1 fully saturated rings. The highest BCUT2D eigenvalue weighted by atomic mass is 79.9. The average molecular weight is 414 g/mol. The fourth-order valence-electron chi connectivity index (χ4n) is 2.74. The van der Waals surface area contributed by atoms with Gasteiger partial charge in [0.2, 0.25) is 10.0 Å². The number of sulfonamides is 1. The molecule has 3 N–H and O–H groups in total. The zero-order chi connectivity index (χ0) is 15.6. The lowest BCUT2D eigenvalue weighted by Gasteiger charge is -2.20. The van der Waals surface area contributed by atoms with Crippen molar-refractivity contribution in [2.75, 3.05) is 13.7 Å².